The number of para-hydroxylation sites is 1. The third-order valence-electron chi connectivity index (χ3n) is 5.76. The number of carbonyl (C=O) groups excluding carboxylic acids is 1. The van der Waals surface area contributed by atoms with Crippen LogP contribution in [-0.4, -0.2) is 62.5 Å². The molecule has 5 atom stereocenters. The molecule has 1 aromatic carbocycles. The number of benzene rings is 1. The lowest BCUT2D eigenvalue weighted by atomic mass is 10.1. The lowest BCUT2D eigenvalue weighted by molar-refractivity contribution is -0.142. The minimum atomic E-state index is -4.62. The number of aromatic nitrogens is 3. The molecule has 0 amide bonds. The lowest BCUT2D eigenvalue weighted by Crippen LogP contribution is -2.38. The van der Waals surface area contributed by atoms with Crippen LogP contribution >= 0.6 is 7.75 Å². The number of ether oxygens (including phenoxy) is 2. The van der Waals surface area contributed by atoms with Gasteiger partial charge in [-0.1, -0.05) is 18.2 Å². The Bertz CT molecular complexity index is 1420. The second-order valence-electron chi connectivity index (χ2n) is 8.16. The van der Waals surface area contributed by atoms with E-state index in [0.717, 1.165) is 22.6 Å². The Hall–Kier alpha value is -3.13. The first-order valence-corrected chi connectivity index (χ1v) is 12.4. The number of aliphatic hydroxyl groups excluding tert-OH is 1. The van der Waals surface area contributed by atoms with Gasteiger partial charge in [0.25, 0.3) is 5.56 Å². The van der Waals surface area contributed by atoms with Gasteiger partial charge in [-0.3, -0.25) is 23.7 Å². The molecule has 0 aliphatic carbocycles. The maximum Gasteiger partial charge on any atom is 0.403 e. The fourth-order valence-corrected chi connectivity index (χ4v) is 4.98. The molecular weight excluding hydrogens is 502 g/mol. The van der Waals surface area contributed by atoms with Gasteiger partial charge in [-0.05, 0) is 11.6 Å². The summed E-state index contributed by atoms with van der Waals surface area (Å²) in [5, 5.41) is 13.4. The number of fused-ring (bicyclic) bond motifs is 1. The van der Waals surface area contributed by atoms with Crippen LogP contribution in [0.15, 0.2) is 46.2 Å². The van der Waals surface area contributed by atoms with E-state index in [9.17, 15) is 33.3 Å². The van der Waals surface area contributed by atoms with Crippen LogP contribution < -0.4 is 16.3 Å². The Balaban J connectivity index is 1.41. The van der Waals surface area contributed by atoms with Crippen molar-refractivity contribution in [3.8, 4) is 0 Å². The molecule has 0 radical (unpaired) electrons. The number of aliphatic hydroxyl groups is 1. The monoisotopic (exact) mass is 526 g/mol. The standard InChI is InChI=1S/C21H24FN4O9P/c1-33-20(29)15(6-11-8-23-14-5-3-2-4-12(11)14)25-36(31,32)34-10-17-16(27)7-18(35-17)26-9-13(22)19(28)24-21(26)30/h2-5,8-9,15-18,23,27H,6-7,10H2,1H3,(H,24,28,30)(H2,25,31,32)/t15-,16-,17+,18+/m0/s1. The van der Waals surface area contributed by atoms with Gasteiger partial charge < -0.3 is 24.5 Å². The zero-order valence-corrected chi connectivity index (χ0v) is 19.8. The zero-order chi connectivity index (χ0) is 26.0. The van der Waals surface area contributed by atoms with Crippen molar-refractivity contribution in [3.63, 3.8) is 0 Å². The summed E-state index contributed by atoms with van der Waals surface area (Å²) in [7, 11) is -3.48. The maximum absolute atomic E-state index is 13.6. The number of hydrogen-bond donors (Lipinski definition) is 5. The normalized spacial score (nSPS) is 22.4. The second kappa shape index (κ2) is 10.5. The molecule has 1 fully saturated rings. The Morgan fingerprint density at radius 2 is 2.14 bits per heavy atom. The van der Waals surface area contributed by atoms with Gasteiger partial charge in [0.2, 0.25) is 5.82 Å². The fourth-order valence-electron chi connectivity index (χ4n) is 3.96. The average Bonchev–Trinajstić information content (AvgIpc) is 3.42. The van der Waals surface area contributed by atoms with Crippen molar-refractivity contribution >= 4 is 24.6 Å². The summed E-state index contributed by atoms with van der Waals surface area (Å²) < 4.78 is 42.3. The minimum Gasteiger partial charge on any atom is -0.468 e. The minimum absolute atomic E-state index is 0.00984. The van der Waals surface area contributed by atoms with Crippen molar-refractivity contribution in [3.05, 3.63) is 68.9 Å². The summed E-state index contributed by atoms with van der Waals surface area (Å²) in [5.41, 5.74) is -0.630. The van der Waals surface area contributed by atoms with E-state index in [2.05, 4.69) is 10.1 Å². The van der Waals surface area contributed by atoms with Gasteiger partial charge >= 0.3 is 19.4 Å². The molecule has 2 aromatic heterocycles. The number of H-pyrrole nitrogens is 2. The van der Waals surface area contributed by atoms with Crippen LogP contribution in [-0.2, 0) is 29.8 Å². The molecule has 4 rings (SSSR count). The number of esters is 1. The van der Waals surface area contributed by atoms with E-state index in [1.165, 1.54) is 0 Å². The van der Waals surface area contributed by atoms with Gasteiger partial charge in [0.15, 0.2) is 0 Å². The van der Waals surface area contributed by atoms with Crippen molar-refractivity contribution < 1.29 is 37.7 Å². The van der Waals surface area contributed by atoms with Crippen LogP contribution in [0.3, 0.4) is 0 Å². The zero-order valence-electron chi connectivity index (χ0n) is 18.9. The molecule has 5 N–H and O–H groups in total. The van der Waals surface area contributed by atoms with Crippen LogP contribution in [0.5, 0.6) is 0 Å². The van der Waals surface area contributed by atoms with Gasteiger partial charge in [0, 0.05) is 29.9 Å². The number of rotatable bonds is 9. The maximum atomic E-state index is 13.6. The summed E-state index contributed by atoms with van der Waals surface area (Å²) >= 11 is 0. The lowest BCUT2D eigenvalue weighted by Gasteiger charge is -2.22. The van der Waals surface area contributed by atoms with E-state index in [1.807, 2.05) is 24.3 Å². The SMILES string of the molecule is COC(=O)[C@H](Cc1c[nH]c2ccccc12)NP(=O)(O)OC[C@H]1O[C@@H](n2cc(F)c(=O)[nH]c2=O)C[C@@H]1O. The molecule has 1 aliphatic rings. The van der Waals surface area contributed by atoms with E-state index in [4.69, 9.17) is 14.0 Å². The summed E-state index contributed by atoms with van der Waals surface area (Å²) in [4.78, 5) is 50.6. The Labute approximate surface area is 202 Å². The molecule has 1 aliphatic heterocycles. The van der Waals surface area contributed by atoms with Crippen LogP contribution in [0.25, 0.3) is 10.9 Å². The first-order chi connectivity index (χ1) is 17.1. The number of carbonyl (C=O) groups is 1. The molecule has 13 nitrogen and oxygen atoms in total. The van der Waals surface area contributed by atoms with E-state index in [0.29, 0.717) is 11.8 Å². The highest BCUT2D eigenvalue weighted by molar-refractivity contribution is 7.50. The first-order valence-electron chi connectivity index (χ1n) is 10.8. The van der Waals surface area contributed by atoms with Crippen molar-refractivity contribution in [1.82, 2.24) is 19.6 Å². The van der Waals surface area contributed by atoms with Gasteiger partial charge in [-0.15, -0.1) is 0 Å². The molecule has 1 unspecified atom stereocenters. The molecule has 0 spiro atoms. The number of nitrogens with zero attached hydrogens (tertiary/aromatic N) is 1. The highest BCUT2D eigenvalue weighted by Gasteiger charge is 2.38. The highest BCUT2D eigenvalue weighted by Crippen LogP contribution is 2.40. The Kier molecular flexibility index (Phi) is 7.54. The van der Waals surface area contributed by atoms with E-state index in [-0.39, 0.29) is 12.8 Å². The van der Waals surface area contributed by atoms with Crippen molar-refractivity contribution in [2.45, 2.75) is 37.3 Å². The quantitative estimate of drug-likeness (QED) is 0.192. The number of nitrogens with one attached hydrogen (secondary N) is 3. The van der Waals surface area contributed by atoms with Crippen LogP contribution in [0.1, 0.15) is 18.2 Å². The number of methoxy groups -OCH3 is 1. The third-order valence-corrected chi connectivity index (χ3v) is 6.89. The predicted molar refractivity (Wildman–Crippen MR) is 123 cm³/mol. The van der Waals surface area contributed by atoms with E-state index < -0.39 is 61.9 Å². The molecule has 3 heterocycles. The molecule has 194 valence electrons. The topological polar surface area (TPSA) is 185 Å². The highest BCUT2D eigenvalue weighted by atomic mass is 31.2. The van der Waals surface area contributed by atoms with Crippen LogP contribution in [0.2, 0.25) is 0 Å². The predicted octanol–water partition coefficient (Wildman–Crippen LogP) is 0.296. The number of aromatic amines is 2. The Morgan fingerprint density at radius 3 is 2.89 bits per heavy atom. The van der Waals surface area contributed by atoms with Gasteiger partial charge in [-0.2, -0.15) is 4.39 Å². The van der Waals surface area contributed by atoms with Gasteiger partial charge in [-0.25, -0.2) is 14.4 Å². The van der Waals surface area contributed by atoms with Crippen molar-refractivity contribution in [2.75, 3.05) is 13.7 Å². The van der Waals surface area contributed by atoms with Crippen LogP contribution in [0, 0.1) is 5.82 Å². The Morgan fingerprint density at radius 1 is 1.39 bits per heavy atom. The third kappa shape index (κ3) is 5.64. The fraction of sp³-hybridized carbons (Fsp3) is 0.381. The second-order valence-corrected chi connectivity index (χ2v) is 9.72. The molecule has 3 aromatic rings. The number of hydrogen-bond acceptors (Lipinski definition) is 8. The number of halogens is 1. The van der Waals surface area contributed by atoms with E-state index >= 15 is 0 Å². The first kappa shape index (κ1) is 25.9. The molecule has 0 saturated carbocycles. The molecule has 36 heavy (non-hydrogen) atoms. The van der Waals surface area contributed by atoms with Gasteiger partial charge in [0.05, 0.1) is 26.0 Å². The smallest absolute Gasteiger partial charge is 0.403 e. The van der Waals surface area contributed by atoms with Crippen molar-refractivity contribution in [2.24, 2.45) is 0 Å². The molecule has 1 saturated heterocycles. The van der Waals surface area contributed by atoms with E-state index in [1.54, 1.807) is 11.2 Å². The molecular formula is C21H24FN4O9P. The molecule has 15 heteroatoms. The largest absolute Gasteiger partial charge is 0.468 e. The van der Waals surface area contributed by atoms with Crippen LogP contribution in [0.4, 0.5) is 4.39 Å². The average molecular weight is 526 g/mol. The summed E-state index contributed by atoms with van der Waals surface area (Å²) in [6.07, 6.45) is -1.39. The van der Waals surface area contributed by atoms with Gasteiger partial charge in [0.1, 0.15) is 18.4 Å². The summed E-state index contributed by atoms with van der Waals surface area (Å²) in [6.45, 7) is -0.597. The summed E-state index contributed by atoms with van der Waals surface area (Å²) in [5.74, 6) is -2.02. The molecule has 0 bridgehead atoms. The van der Waals surface area contributed by atoms with Crippen molar-refractivity contribution in [1.29, 1.82) is 0 Å². The summed E-state index contributed by atoms with van der Waals surface area (Å²) in [6, 6.07) is 6.09.